The molecule has 0 bridgehead atoms. The average molecular weight is 273 g/mol. The third kappa shape index (κ3) is 3.90. The summed E-state index contributed by atoms with van der Waals surface area (Å²) < 4.78 is 24.5. The van der Waals surface area contributed by atoms with Crippen LogP contribution < -0.4 is 15.8 Å². The summed E-state index contributed by atoms with van der Waals surface area (Å²) in [7, 11) is -2.01. The number of carbonyl (C=O) groups is 1. The van der Waals surface area contributed by atoms with Crippen molar-refractivity contribution in [2.45, 2.75) is 0 Å². The lowest BCUT2D eigenvalue weighted by molar-refractivity contribution is 0.0698. The van der Waals surface area contributed by atoms with Crippen molar-refractivity contribution in [3.63, 3.8) is 0 Å². The van der Waals surface area contributed by atoms with Crippen LogP contribution in [-0.2, 0) is 10.0 Å². The van der Waals surface area contributed by atoms with Gasteiger partial charge in [0.1, 0.15) is 0 Å². The number of hydrogen-bond donors (Lipinski definition) is 4. The van der Waals surface area contributed by atoms with Crippen LogP contribution in [0.25, 0.3) is 0 Å². The minimum atomic E-state index is -3.32. The minimum absolute atomic E-state index is 0.0473. The van der Waals surface area contributed by atoms with Crippen LogP contribution in [0.15, 0.2) is 18.2 Å². The number of hydrogen-bond acceptors (Lipinski definition) is 5. The van der Waals surface area contributed by atoms with E-state index in [2.05, 4.69) is 10.0 Å². The fourth-order valence-corrected chi connectivity index (χ4v) is 1.89. The smallest absolute Gasteiger partial charge is 0.337 e. The first-order valence-electron chi connectivity index (χ1n) is 5.13. The van der Waals surface area contributed by atoms with Gasteiger partial charge >= 0.3 is 5.97 Å². The molecule has 7 nitrogen and oxygen atoms in total. The second kappa shape index (κ2) is 5.69. The van der Waals surface area contributed by atoms with Crippen molar-refractivity contribution in [1.82, 2.24) is 4.72 Å². The van der Waals surface area contributed by atoms with Gasteiger partial charge in [-0.15, -0.1) is 0 Å². The number of nitrogen functional groups attached to an aromatic ring is 1. The van der Waals surface area contributed by atoms with E-state index in [1.165, 1.54) is 25.2 Å². The van der Waals surface area contributed by atoms with Crippen LogP contribution in [0.2, 0.25) is 0 Å². The molecule has 1 aromatic carbocycles. The number of nitrogens with two attached hydrogens (primary N) is 1. The van der Waals surface area contributed by atoms with Gasteiger partial charge in [0.25, 0.3) is 0 Å². The summed E-state index contributed by atoms with van der Waals surface area (Å²) in [6, 6.07) is 4.29. The third-order valence-electron chi connectivity index (χ3n) is 2.27. The van der Waals surface area contributed by atoms with E-state index >= 15 is 0 Å². The van der Waals surface area contributed by atoms with Gasteiger partial charge < -0.3 is 16.2 Å². The normalized spacial score (nSPS) is 11.2. The standard InChI is InChI=1S/C10H15N3O4S/c1-12-18(16,17)5-4-13-9-6-7(11)2-3-8(9)10(14)15/h2-3,6,12-13H,4-5,11H2,1H3,(H,14,15). The highest BCUT2D eigenvalue weighted by molar-refractivity contribution is 7.89. The Labute approximate surface area is 105 Å². The molecule has 5 N–H and O–H groups in total. The maximum absolute atomic E-state index is 11.2. The molecule has 0 saturated heterocycles. The minimum Gasteiger partial charge on any atom is -0.478 e. The van der Waals surface area contributed by atoms with Crippen LogP contribution in [0.1, 0.15) is 10.4 Å². The van der Waals surface area contributed by atoms with Crippen LogP contribution in [0.5, 0.6) is 0 Å². The highest BCUT2D eigenvalue weighted by Crippen LogP contribution is 2.19. The Bertz CT molecular complexity index is 542. The number of anilines is 2. The van der Waals surface area contributed by atoms with E-state index in [1.54, 1.807) is 0 Å². The molecule has 1 rings (SSSR count). The summed E-state index contributed by atoms with van der Waals surface area (Å²) in [6.45, 7) is 0.0902. The molecular formula is C10H15N3O4S. The Balaban J connectivity index is 2.78. The summed E-state index contributed by atoms with van der Waals surface area (Å²) in [5.41, 5.74) is 6.30. The van der Waals surface area contributed by atoms with Crippen molar-refractivity contribution in [2.75, 3.05) is 30.4 Å². The molecule has 0 radical (unpaired) electrons. The van der Waals surface area contributed by atoms with Gasteiger partial charge in [-0.3, -0.25) is 0 Å². The lowest BCUT2D eigenvalue weighted by atomic mass is 10.1. The maximum Gasteiger partial charge on any atom is 0.337 e. The zero-order valence-corrected chi connectivity index (χ0v) is 10.6. The quantitative estimate of drug-likeness (QED) is 0.538. The van der Waals surface area contributed by atoms with Gasteiger partial charge in [-0.25, -0.2) is 17.9 Å². The van der Waals surface area contributed by atoms with E-state index in [0.29, 0.717) is 11.4 Å². The second-order valence-electron chi connectivity index (χ2n) is 3.56. The highest BCUT2D eigenvalue weighted by atomic mass is 32.2. The molecule has 0 unspecified atom stereocenters. The van der Waals surface area contributed by atoms with E-state index in [-0.39, 0.29) is 17.9 Å². The predicted molar refractivity (Wildman–Crippen MR) is 69.1 cm³/mol. The topological polar surface area (TPSA) is 122 Å². The summed E-state index contributed by atoms with van der Waals surface area (Å²) >= 11 is 0. The summed E-state index contributed by atoms with van der Waals surface area (Å²) in [4.78, 5) is 10.9. The molecule has 0 saturated carbocycles. The van der Waals surface area contributed by atoms with E-state index in [1.807, 2.05) is 0 Å². The van der Waals surface area contributed by atoms with Crippen molar-refractivity contribution in [3.05, 3.63) is 23.8 Å². The van der Waals surface area contributed by atoms with Gasteiger partial charge in [0, 0.05) is 12.2 Å². The van der Waals surface area contributed by atoms with Gasteiger partial charge in [0.05, 0.1) is 17.0 Å². The monoisotopic (exact) mass is 273 g/mol. The summed E-state index contributed by atoms with van der Waals surface area (Å²) in [5, 5.41) is 11.7. The summed E-state index contributed by atoms with van der Waals surface area (Å²) in [5.74, 6) is -1.26. The zero-order valence-electron chi connectivity index (χ0n) is 9.80. The highest BCUT2D eigenvalue weighted by Gasteiger charge is 2.11. The predicted octanol–water partition coefficient (Wildman–Crippen LogP) is -0.0719. The molecule has 0 aliphatic heterocycles. The summed E-state index contributed by atoms with van der Waals surface area (Å²) in [6.07, 6.45) is 0. The molecule has 0 amide bonds. The largest absolute Gasteiger partial charge is 0.478 e. The molecule has 0 fully saturated rings. The zero-order chi connectivity index (χ0) is 13.8. The van der Waals surface area contributed by atoms with Gasteiger partial charge in [-0.05, 0) is 25.2 Å². The van der Waals surface area contributed by atoms with Gasteiger partial charge in [0.2, 0.25) is 10.0 Å². The number of carboxylic acids is 1. The van der Waals surface area contributed by atoms with Gasteiger partial charge in [-0.1, -0.05) is 0 Å². The molecule has 18 heavy (non-hydrogen) atoms. The van der Waals surface area contributed by atoms with Crippen LogP contribution in [0, 0.1) is 0 Å². The molecule has 0 aliphatic carbocycles. The van der Waals surface area contributed by atoms with E-state index < -0.39 is 16.0 Å². The second-order valence-corrected chi connectivity index (χ2v) is 5.61. The average Bonchev–Trinajstić information content (AvgIpc) is 2.28. The van der Waals surface area contributed by atoms with Crippen LogP contribution in [-0.4, -0.2) is 38.8 Å². The molecule has 0 spiro atoms. The molecule has 0 atom stereocenters. The maximum atomic E-state index is 11.2. The first-order valence-corrected chi connectivity index (χ1v) is 6.79. The molecule has 0 aliphatic rings. The third-order valence-corrected chi connectivity index (χ3v) is 3.63. The molecular weight excluding hydrogens is 258 g/mol. The van der Waals surface area contributed by atoms with Crippen molar-refractivity contribution in [3.8, 4) is 0 Å². The van der Waals surface area contributed by atoms with Crippen molar-refractivity contribution in [2.24, 2.45) is 0 Å². The SMILES string of the molecule is CNS(=O)(=O)CCNc1cc(N)ccc1C(=O)O. The van der Waals surface area contributed by atoms with Crippen LogP contribution >= 0.6 is 0 Å². The fourth-order valence-electron chi connectivity index (χ4n) is 1.32. The Morgan fingerprint density at radius 1 is 1.44 bits per heavy atom. The molecule has 100 valence electrons. The number of sulfonamides is 1. The number of benzene rings is 1. The Morgan fingerprint density at radius 2 is 2.11 bits per heavy atom. The fraction of sp³-hybridized carbons (Fsp3) is 0.300. The number of nitrogens with one attached hydrogen (secondary N) is 2. The van der Waals surface area contributed by atoms with Crippen LogP contribution in [0.4, 0.5) is 11.4 Å². The van der Waals surface area contributed by atoms with E-state index in [0.717, 1.165) is 0 Å². The van der Waals surface area contributed by atoms with Crippen LogP contribution in [0.3, 0.4) is 0 Å². The van der Waals surface area contributed by atoms with Gasteiger partial charge in [0.15, 0.2) is 0 Å². The van der Waals surface area contributed by atoms with Gasteiger partial charge in [-0.2, -0.15) is 0 Å². The molecule has 0 aromatic heterocycles. The Kier molecular flexibility index (Phi) is 4.51. The first kappa shape index (κ1) is 14.3. The Hall–Kier alpha value is -1.80. The van der Waals surface area contributed by atoms with Crippen molar-refractivity contribution in [1.29, 1.82) is 0 Å². The Morgan fingerprint density at radius 3 is 2.67 bits per heavy atom. The molecule has 8 heteroatoms. The number of carboxylic acid groups (broad SMARTS) is 1. The number of aromatic carboxylic acids is 1. The van der Waals surface area contributed by atoms with E-state index in [4.69, 9.17) is 10.8 Å². The lowest BCUT2D eigenvalue weighted by Gasteiger charge is -2.10. The molecule has 0 heterocycles. The van der Waals surface area contributed by atoms with E-state index in [9.17, 15) is 13.2 Å². The number of rotatable bonds is 6. The molecule has 1 aromatic rings. The van der Waals surface area contributed by atoms with Crippen molar-refractivity contribution >= 4 is 27.4 Å². The first-order chi connectivity index (χ1) is 8.35. The lowest BCUT2D eigenvalue weighted by Crippen LogP contribution is -2.26. The van der Waals surface area contributed by atoms with Crippen molar-refractivity contribution < 1.29 is 18.3 Å².